The van der Waals surface area contributed by atoms with Crippen molar-refractivity contribution in [2.75, 3.05) is 5.32 Å². The zero-order valence-corrected chi connectivity index (χ0v) is 21.4. The van der Waals surface area contributed by atoms with Crippen molar-refractivity contribution in [3.63, 3.8) is 0 Å². The molecule has 0 atom stereocenters. The number of pyridine rings is 1. The number of rotatable bonds is 7. The van der Waals surface area contributed by atoms with Crippen LogP contribution < -0.4 is 10.1 Å². The first kappa shape index (κ1) is 28.7. The number of carbonyl (C=O) groups is 1. The summed E-state index contributed by atoms with van der Waals surface area (Å²) in [6.07, 6.45) is 0.0976. The highest BCUT2D eigenvalue weighted by Gasteiger charge is 2.41. The van der Waals surface area contributed by atoms with Crippen molar-refractivity contribution < 1.29 is 32.2 Å². The van der Waals surface area contributed by atoms with E-state index in [2.05, 4.69) is 36.1 Å². The molecule has 0 bridgehead atoms. The summed E-state index contributed by atoms with van der Waals surface area (Å²) in [5.74, 6) is -1.05. The Hall–Kier alpha value is -4.27. The summed E-state index contributed by atoms with van der Waals surface area (Å²) in [4.78, 5) is 13.7. The third kappa shape index (κ3) is 7.22. The number of aromatic nitrogens is 7. The first-order valence-electron chi connectivity index (χ1n) is 11.9. The van der Waals surface area contributed by atoms with Gasteiger partial charge in [0.15, 0.2) is 23.2 Å². The predicted octanol–water partition coefficient (Wildman–Crippen LogP) is 4.99. The number of hydrogen-bond donors (Lipinski definition) is 4. The first-order valence-corrected chi connectivity index (χ1v) is 12.3. The van der Waals surface area contributed by atoms with E-state index < -0.39 is 18.0 Å². The molecule has 3 heterocycles. The minimum absolute atomic E-state index is 0.0545. The summed E-state index contributed by atoms with van der Waals surface area (Å²) in [7, 11) is 0. The lowest BCUT2D eigenvalue weighted by Gasteiger charge is -2.37. The van der Waals surface area contributed by atoms with Crippen LogP contribution in [-0.4, -0.2) is 59.2 Å². The van der Waals surface area contributed by atoms with Crippen LogP contribution in [0, 0.1) is 5.82 Å². The van der Waals surface area contributed by atoms with Gasteiger partial charge in [-0.2, -0.15) is 23.5 Å². The average molecular weight is 583 g/mol. The van der Waals surface area contributed by atoms with Crippen molar-refractivity contribution in [3.8, 4) is 5.75 Å². The second-order valence-corrected chi connectivity index (χ2v) is 9.37. The lowest BCUT2D eigenvalue weighted by Crippen LogP contribution is -2.38. The molecule has 11 nitrogen and oxygen atoms in total. The van der Waals surface area contributed by atoms with E-state index >= 15 is 0 Å². The van der Waals surface area contributed by atoms with Crippen LogP contribution in [0.4, 0.5) is 29.2 Å². The van der Waals surface area contributed by atoms with E-state index in [1.54, 1.807) is 18.3 Å². The van der Waals surface area contributed by atoms with E-state index in [4.69, 9.17) is 31.2 Å². The molecule has 0 amide bonds. The number of nitrogens with zero attached hydrogens (tertiary/aromatic N) is 5. The standard InChI is InChI=1S/C22H22ClFN8O.C2HF3O2/c23-16-4-2-5-17(20(16)24)33-15-7-10-22(11-8-15,21-29-31-32-30-21)13-14-3-1-6-18(26-14)27-19-9-12-25-28-19;3-2(4,5)1(6)7/h1-6,9,12,15H,7-8,10-11,13H2,(H2,25,26,27,28)(H,29,30,31,32);(H,6,7)/t15-,22+;. The SMILES string of the molecule is Fc1c(Cl)cccc1O[C@H]1CC[C@@](Cc2cccc(Nc3cc[nH]n3)n2)(c2nn[nH]n2)CC1.O=C(O)C(F)(F)F. The molecule has 212 valence electrons. The summed E-state index contributed by atoms with van der Waals surface area (Å²) in [5, 5.41) is 32.2. The maximum Gasteiger partial charge on any atom is 0.490 e. The first-order chi connectivity index (χ1) is 19.1. The zero-order chi connectivity index (χ0) is 28.8. The number of nitrogens with one attached hydrogen (secondary N) is 3. The fourth-order valence-electron chi connectivity index (χ4n) is 4.34. The predicted molar refractivity (Wildman–Crippen MR) is 134 cm³/mol. The average Bonchev–Trinajstić information content (AvgIpc) is 3.63. The molecule has 0 radical (unpaired) electrons. The number of H-pyrrole nitrogens is 2. The van der Waals surface area contributed by atoms with Gasteiger partial charge >= 0.3 is 12.1 Å². The molecule has 1 fully saturated rings. The Morgan fingerprint density at radius 2 is 1.85 bits per heavy atom. The Morgan fingerprint density at radius 3 is 2.48 bits per heavy atom. The fraction of sp³-hybridized carbons (Fsp3) is 0.333. The molecular weight excluding hydrogens is 560 g/mol. The summed E-state index contributed by atoms with van der Waals surface area (Å²) in [5.41, 5.74) is 0.554. The van der Waals surface area contributed by atoms with Crippen LogP contribution >= 0.6 is 11.6 Å². The Kier molecular flexibility index (Phi) is 8.82. The normalized spacial score (nSPS) is 18.9. The van der Waals surface area contributed by atoms with E-state index in [0.717, 1.165) is 18.5 Å². The van der Waals surface area contributed by atoms with Crippen LogP contribution in [0.3, 0.4) is 0 Å². The molecular formula is C24H23ClF4N8O3. The van der Waals surface area contributed by atoms with Crippen molar-refractivity contribution in [2.45, 2.75) is 49.8 Å². The maximum absolute atomic E-state index is 14.3. The van der Waals surface area contributed by atoms with E-state index in [1.807, 2.05) is 24.3 Å². The molecule has 1 aliphatic rings. The lowest BCUT2D eigenvalue weighted by molar-refractivity contribution is -0.192. The molecule has 0 saturated heterocycles. The molecule has 40 heavy (non-hydrogen) atoms. The van der Waals surface area contributed by atoms with Gasteiger partial charge in [-0.3, -0.25) is 5.10 Å². The molecule has 0 spiro atoms. The minimum atomic E-state index is -5.08. The van der Waals surface area contributed by atoms with E-state index in [1.165, 1.54) is 6.07 Å². The number of carboxylic acids is 1. The Balaban J connectivity index is 0.000000470. The third-order valence-corrected chi connectivity index (χ3v) is 6.54. The molecule has 4 N–H and O–H groups in total. The summed E-state index contributed by atoms with van der Waals surface area (Å²) in [6, 6.07) is 12.5. The van der Waals surface area contributed by atoms with Crippen LogP contribution in [0.5, 0.6) is 5.75 Å². The third-order valence-electron chi connectivity index (χ3n) is 6.24. The number of ether oxygens (including phenoxy) is 1. The number of aromatic amines is 2. The summed E-state index contributed by atoms with van der Waals surface area (Å²) >= 11 is 5.89. The lowest BCUT2D eigenvalue weighted by atomic mass is 9.69. The number of benzene rings is 1. The molecule has 1 aliphatic carbocycles. The van der Waals surface area contributed by atoms with Gasteiger partial charge in [0.25, 0.3) is 0 Å². The highest BCUT2D eigenvalue weighted by atomic mass is 35.5. The van der Waals surface area contributed by atoms with E-state index in [-0.39, 0.29) is 22.3 Å². The molecule has 4 aromatic rings. The van der Waals surface area contributed by atoms with Crippen molar-refractivity contribution >= 4 is 29.2 Å². The molecule has 0 unspecified atom stereocenters. The molecule has 1 aromatic carbocycles. The van der Waals surface area contributed by atoms with Crippen molar-refractivity contribution in [1.82, 2.24) is 35.8 Å². The molecule has 0 aliphatic heterocycles. The van der Waals surface area contributed by atoms with E-state index in [0.29, 0.717) is 36.7 Å². The second-order valence-electron chi connectivity index (χ2n) is 8.96. The van der Waals surface area contributed by atoms with Gasteiger partial charge in [-0.25, -0.2) is 14.2 Å². The highest BCUT2D eigenvalue weighted by molar-refractivity contribution is 6.30. The maximum atomic E-state index is 14.3. The van der Waals surface area contributed by atoms with E-state index in [9.17, 15) is 17.6 Å². The van der Waals surface area contributed by atoms with Gasteiger partial charge in [-0.15, -0.1) is 10.2 Å². The van der Waals surface area contributed by atoms with Gasteiger partial charge in [0.1, 0.15) is 5.82 Å². The van der Waals surface area contributed by atoms with Crippen molar-refractivity contribution in [3.05, 3.63) is 71.0 Å². The van der Waals surface area contributed by atoms with Crippen LogP contribution in [0.1, 0.15) is 37.2 Å². The Morgan fingerprint density at radius 1 is 1.12 bits per heavy atom. The monoisotopic (exact) mass is 582 g/mol. The number of aliphatic carboxylic acids is 1. The quantitative estimate of drug-likeness (QED) is 0.221. The molecule has 5 rings (SSSR count). The van der Waals surface area contributed by atoms with Crippen LogP contribution in [0.2, 0.25) is 5.02 Å². The van der Waals surface area contributed by atoms with Gasteiger partial charge in [0, 0.05) is 29.8 Å². The smallest absolute Gasteiger partial charge is 0.487 e. The zero-order valence-electron chi connectivity index (χ0n) is 20.6. The fourth-order valence-corrected chi connectivity index (χ4v) is 4.50. The second kappa shape index (κ2) is 12.3. The van der Waals surface area contributed by atoms with Gasteiger partial charge in [-0.1, -0.05) is 28.9 Å². The minimum Gasteiger partial charge on any atom is -0.487 e. The number of anilines is 2. The van der Waals surface area contributed by atoms with Crippen molar-refractivity contribution in [1.29, 1.82) is 0 Å². The van der Waals surface area contributed by atoms with Crippen LogP contribution in [-0.2, 0) is 16.6 Å². The number of alkyl halides is 3. The molecule has 1 saturated carbocycles. The van der Waals surface area contributed by atoms with Crippen LogP contribution in [0.25, 0.3) is 0 Å². The van der Waals surface area contributed by atoms with Crippen LogP contribution in [0.15, 0.2) is 48.7 Å². The molecule has 3 aromatic heterocycles. The number of halogens is 5. The number of tetrazole rings is 1. The van der Waals surface area contributed by atoms with Gasteiger partial charge in [-0.05, 0) is 49.9 Å². The Labute approximate surface area is 229 Å². The van der Waals surface area contributed by atoms with Crippen molar-refractivity contribution in [2.24, 2.45) is 0 Å². The summed E-state index contributed by atoms with van der Waals surface area (Å²) in [6.45, 7) is 0. The Bertz CT molecular complexity index is 1400. The number of carboxylic acid groups (broad SMARTS) is 1. The largest absolute Gasteiger partial charge is 0.490 e. The number of hydrogen-bond acceptors (Lipinski definition) is 8. The van der Waals surface area contributed by atoms with Gasteiger partial charge in [0.05, 0.1) is 11.1 Å². The highest BCUT2D eigenvalue weighted by Crippen LogP contribution is 2.41. The summed E-state index contributed by atoms with van der Waals surface area (Å²) < 4.78 is 52.0. The molecule has 16 heteroatoms. The topological polar surface area (TPSA) is 155 Å². The van der Waals surface area contributed by atoms with Gasteiger partial charge < -0.3 is 15.2 Å². The van der Waals surface area contributed by atoms with Gasteiger partial charge in [0.2, 0.25) is 0 Å².